The zero-order chi connectivity index (χ0) is 24.6. The van der Waals surface area contributed by atoms with E-state index in [2.05, 4.69) is 30.2 Å². The zero-order valence-electron chi connectivity index (χ0n) is 18.6. The van der Waals surface area contributed by atoms with Crippen LogP contribution in [-0.4, -0.2) is 42.5 Å². The number of carbonyl (C=O) groups is 1. The molecule has 1 amide bonds. The van der Waals surface area contributed by atoms with Crippen LogP contribution in [0.2, 0.25) is 0 Å². The highest BCUT2D eigenvalue weighted by molar-refractivity contribution is 6.05. The lowest BCUT2D eigenvalue weighted by molar-refractivity contribution is -0.143. The number of aromatic nitrogens is 6. The van der Waals surface area contributed by atoms with Crippen molar-refractivity contribution in [2.24, 2.45) is 0 Å². The van der Waals surface area contributed by atoms with Crippen LogP contribution in [0.1, 0.15) is 34.7 Å². The fraction of sp³-hybridized carbons (Fsp3) is 0.261. The molecule has 0 unspecified atom stereocenters. The van der Waals surface area contributed by atoms with Crippen LogP contribution < -0.4 is 10.1 Å². The molecule has 0 saturated heterocycles. The molecule has 0 radical (unpaired) electrons. The molecular formula is C23H20F3N7O2. The second kappa shape index (κ2) is 8.85. The van der Waals surface area contributed by atoms with Crippen molar-refractivity contribution >= 4 is 11.6 Å². The minimum absolute atomic E-state index is 0.131. The molecule has 0 aliphatic carbocycles. The quantitative estimate of drug-likeness (QED) is 0.458. The van der Waals surface area contributed by atoms with Gasteiger partial charge in [-0.1, -0.05) is 12.1 Å². The van der Waals surface area contributed by atoms with Gasteiger partial charge in [-0.2, -0.15) is 18.3 Å². The van der Waals surface area contributed by atoms with E-state index in [4.69, 9.17) is 4.74 Å². The molecule has 12 heteroatoms. The molecule has 35 heavy (non-hydrogen) atoms. The van der Waals surface area contributed by atoms with Gasteiger partial charge < -0.3 is 14.6 Å². The van der Waals surface area contributed by atoms with Crippen LogP contribution >= 0.6 is 0 Å². The first-order chi connectivity index (χ1) is 16.8. The number of ether oxygens (including phenoxy) is 1. The number of anilines is 1. The normalized spacial score (nSPS) is 13.4. The van der Waals surface area contributed by atoms with Crippen LogP contribution in [0.15, 0.2) is 48.8 Å². The summed E-state index contributed by atoms with van der Waals surface area (Å²) in [6.07, 6.45) is 1.15. The van der Waals surface area contributed by atoms with E-state index in [1.54, 1.807) is 24.3 Å². The van der Waals surface area contributed by atoms with E-state index in [0.717, 1.165) is 49.1 Å². The molecule has 0 spiro atoms. The number of hydrogen-bond acceptors (Lipinski definition) is 6. The highest BCUT2D eigenvalue weighted by atomic mass is 19.4. The Labute approximate surface area is 197 Å². The van der Waals surface area contributed by atoms with Gasteiger partial charge in [0, 0.05) is 36.5 Å². The van der Waals surface area contributed by atoms with Gasteiger partial charge in [-0.15, -0.1) is 10.2 Å². The summed E-state index contributed by atoms with van der Waals surface area (Å²) in [4.78, 5) is 17.4. The number of nitrogens with zero attached hydrogens (tertiary/aromatic N) is 6. The second-order valence-electron chi connectivity index (χ2n) is 7.97. The maximum atomic E-state index is 13.9. The highest BCUT2D eigenvalue weighted by Crippen LogP contribution is 2.34. The standard InChI is InChI=1S/C23H20F3N7O2/c1-35-20-10-9-19(30-31-20)33-21(23(24,25)26)16(12-27-33)22(34)28-15-7-5-14(6-8-15)17-13-32-11-3-2-4-18(32)29-17/h5-10,12-13H,2-4,11H2,1H3,(H,28,34). The van der Waals surface area contributed by atoms with Gasteiger partial charge in [-0.05, 0) is 31.0 Å². The van der Waals surface area contributed by atoms with Crippen molar-refractivity contribution in [1.82, 2.24) is 29.5 Å². The smallest absolute Gasteiger partial charge is 0.434 e. The molecule has 3 aromatic heterocycles. The van der Waals surface area contributed by atoms with Crippen LogP contribution in [-0.2, 0) is 19.1 Å². The molecule has 5 rings (SSSR count). The van der Waals surface area contributed by atoms with Crippen LogP contribution in [0.5, 0.6) is 5.88 Å². The van der Waals surface area contributed by atoms with Crippen molar-refractivity contribution in [3.8, 4) is 23.0 Å². The fourth-order valence-electron chi connectivity index (χ4n) is 3.97. The third-order valence-electron chi connectivity index (χ3n) is 5.68. The minimum atomic E-state index is -4.87. The molecule has 0 atom stereocenters. The maximum Gasteiger partial charge on any atom is 0.434 e. The minimum Gasteiger partial charge on any atom is -0.480 e. The number of aryl methyl sites for hydroxylation is 2. The van der Waals surface area contributed by atoms with Crippen molar-refractivity contribution in [1.29, 1.82) is 0 Å². The summed E-state index contributed by atoms with van der Waals surface area (Å²) in [5.41, 5.74) is 0.122. The summed E-state index contributed by atoms with van der Waals surface area (Å²) in [5.74, 6) is 0.0213. The molecule has 180 valence electrons. The Morgan fingerprint density at radius 1 is 1.09 bits per heavy atom. The Bertz CT molecular complexity index is 1340. The van der Waals surface area contributed by atoms with Gasteiger partial charge in [-0.3, -0.25) is 4.79 Å². The number of rotatable bonds is 5. The third-order valence-corrected chi connectivity index (χ3v) is 5.68. The number of nitrogens with one attached hydrogen (secondary N) is 1. The van der Waals surface area contributed by atoms with Gasteiger partial charge in [-0.25, -0.2) is 9.67 Å². The molecule has 1 aromatic carbocycles. The van der Waals surface area contributed by atoms with Gasteiger partial charge >= 0.3 is 6.18 Å². The molecule has 4 aromatic rings. The predicted molar refractivity (Wildman–Crippen MR) is 119 cm³/mol. The van der Waals surface area contributed by atoms with E-state index in [0.29, 0.717) is 10.4 Å². The number of fused-ring (bicyclic) bond motifs is 1. The monoisotopic (exact) mass is 483 g/mol. The SMILES string of the molecule is COc1ccc(-n2ncc(C(=O)Nc3ccc(-c4cn5c(n4)CCCC5)cc3)c2C(F)(F)F)nn1. The van der Waals surface area contributed by atoms with Crippen LogP contribution in [0.4, 0.5) is 18.9 Å². The molecule has 1 aliphatic rings. The molecule has 4 heterocycles. The van der Waals surface area contributed by atoms with Gasteiger partial charge in [0.05, 0.1) is 24.6 Å². The molecule has 9 nitrogen and oxygen atoms in total. The second-order valence-corrected chi connectivity index (χ2v) is 7.97. The summed E-state index contributed by atoms with van der Waals surface area (Å²) in [5, 5.41) is 13.6. The lowest BCUT2D eigenvalue weighted by Gasteiger charge is -2.12. The zero-order valence-corrected chi connectivity index (χ0v) is 18.6. The first-order valence-electron chi connectivity index (χ1n) is 10.8. The Kier molecular flexibility index (Phi) is 5.71. The van der Waals surface area contributed by atoms with Gasteiger partial charge in [0.2, 0.25) is 5.88 Å². The number of hydrogen-bond donors (Lipinski definition) is 1. The van der Waals surface area contributed by atoms with Crippen LogP contribution in [0.3, 0.4) is 0 Å². The van der Waals surface area contributed by atoms with Gasteiger partial charge in [0.1, 0.15) is 5.82 Å². The number of benzene rings is 1. The third kappa shape index (κ3) is 4.46. The fourth-order valence-corrected chi connectivity index (χ4v) is 3.97. The number of carbonyl (C=O) groups excluding carboxylic acids is 1. The molecule has 1 N–H and O–H groups in total. The maximum absolute atomic E-state index is 13.9. The molecule has 0 saturated carbocycles. The molecule has 0 fully saturated rings. The Balaban J connectivity index is 1.38. The van der Waals surface area contributed by atoms with E-state index in [1.165, 1.54) is 19.2 Å². The van der Waals surface area contributed by atoms with Crippen molar-refractivity contribution in [3.05, 3.63) is 65.9 Å². The van der Waals surface area contributed by atoms with E-state index < -0.39 is 23.3 Å². The number of halogens is 3. The van der Waals surface area contributed by atoms with E-state index in [9.17, 15) is 18.0 Å². The highest BCUT2D eigenvalue weighted by Gasteiger charge is 2.41. The number of alkyl halides is 3. The first-order valence-corrected chi connectivity index (χ1v) is 10.8. The Morgan fingerprint density at radius 2 is 1.89 bits per heavy atom. The molecule has 1 aliphatic heterocycles. The van der Waals surface area contributed by atoms with Crippen LogP contribution in [0, 0.1) is 0 Å². The summed E-state index contributed by atoms with van der Waals surface area (Å²) in [7, 11) is 1.36. The number of methoxy groups -OCH3 is 1. The number of amides is 1. The lowest BCUT2D eigenvalue weighted by atomic mass is 10.1. The average molecular weight is 483 g/mol. The Hall–Kier alpha value is -4.22. The summed E-state index contributed by atoms with van der Waals surface area (Å²) in [6.45, 7) is 0.938. The van der Waals surface area contributed by atoms with Crippen molar-refractivity contribution < 1.29 is 22.7 Å². The lowest BCUT2D eigenvalue weighted by Crippen LogP contribution is -2.21. The topological polar surface area (TPSA) is 99.8 Å². The summed E-state index contributed by atoms with van der Waals surface area (Å²) < 4.78 is 49.2. The van der Waals surface area contributed by atoms with E-state index in [-0.39, 0.29) is 11.7 Å². The van der Waals surface area contributed by atoms with Gasteiger partial charge in [0.15, 0.2) is 11.5 Å². The van der Waals surface area contributed by atoms with Crippen molar-refractivity contribution in [2.75, 3.05) is 12.4 Å². The van der Waals surface area contributed by atoms with Crippen LogP contribution in [0.25, 0.3) is 17.1 Å². The Morgan fingerprint density at radius 3 is 2.54 bits per heavy atom. The number of imidazole rings is 1. The van der Waals surface area contributed by atoms with Gasteiger partial charge in [0.25, 0.3) is 5.91 Å². The predicted octanol–water partition coefficient (Wildman–Crippen LogP) is 4.14. The first kappa shape index (κ1) is 22.6. The molecular weight excluding hydrogens is 463 g/mol. The summed E-state index contributed by atoms with van der Waals surface area (Å²) in [6, 6.07) is 9.40. The average Bonchev–Trinajstić information content (AvgIpc) is 3.49. The summed E-state index contributed by atoms with van der Waals surface area (Å²) >= 11 is 0. The van der Waals surface area contributed by atoms with E-state index in [1.807, 2.05) is 6.20 Å². The molecule has 0 bridgehead atoms. The largest absolute Gasteiger partial charge is 0.480 e. The van der Waals surface area contributed by atoms with Crippen molar-refractivity contribution in [3.63, 3.8) is 0 Å². The van der Waals surface area contributed by atoms with Crippen molar-refractivity contribution in [2.45, 2.75) is 32.0 Å². The van der Waals surface area contributed by atoms with E-state index >= 15 is 0 Å².